The van der Waals surface area contributed by atoms with Gasteiger partial charge in [0, 0.05) is 18.9 Å². The lowest BCUT2D eigenvalue weighted by molar-refractivity contribution is 0.139. The highest BCUT2D eigenvalue weighted by Gasteiger charge is 2.35. The standard InChI is InChI=1S/C9H14N2S/c12-7-9(2-1-3-9)6-11-5-4-10-8-11/h4-5,8,12H,1-3,6-7H2. The van der Waals surface area contributed by atoms with Gasteiger partial charge in [-0.25, -0.2) is 4.98 Å². The maximum Gasteiger partial charge on any atom is 0.0946 e. The van der Waals surface area contributed by atoms with Crippen LogP contribution in [-0.4, -0.2) is 15.3 Å². The van der Waals surface area contributed by atoms with E-state index in [0.29, 0.717) is 5.41 Å². The van der Waals surface area contributed by atoms with Gasteiger partial charge >= 0.3 is 0 Å². The Morgan fingerprint density at radius 2 is 2.33 bits per heavy atom. The van der Waals surface area contributed by atoms with E-state index in [1.54, 1.807) is 0 Å². The zero-order valence-electron chi connectivity index (χ0n) is 7.11. The molecular formula is C9H14N2S. The van der Waals surface area contributed by atoms with Crippen molar-refractivity contribution in [1.29, 1.82) is 0 Å². The molecule has 1 heterocycles. The molecule has 0 amide bonds. The molecule has 0 aromatic carbocycles. The molecule has 66 valence electrons. The number of hydrogen-bond acceptors (Lipinski definition) is 2. The molecule has 0 aliphatic heterocycles. The van der Waals surface area contributed by atoms with Gasteiger partial charge in [-0.3, -0.25) is 0 Å². The molecule has 0 saturated heterocycles. The van der Waals surface area contributed by atoms with E-state index < -0.39 is 0 Å². The Morgan fingerprint density at radius 1 is 1.50 bits per heavy atom. The summed E-state index contributed by atoms with van der Waals surface area (Å²) in [5.74, 6) is 1.01. The molecule has 1 aliphatic carbocycles. The Balaban J connectivity index is 2.01. The maximum absolute atomic E-state index is 4.41. The summed E-state index contributed by atoms with van der Waals surface area (Å²) in [6.45, 7) is 1.09. The van der Waals surface area contributed by atoms with Crippen LogP contribution in [0.3, 0.4) is 0 Å². The van der Waals surface area contributed by atoms with Crippen LogP contribution in [0.5, 0.6) is 0 Å². The first kappa shape index (κ1) is 8.17. The second-order valence-electron chi connectivity index (χ2n) is 3.75. The van der Waals surface area contributed by atoms with Crippen LogP contribution >= 0.6 is 12.6 Å². The van der Waals surface area contributed by atoms with Gasteiger partial charge in [0.05, 0.1) is 6.33 Å². The van der Waals surface area contributed by atoms with Crippen molar-refractivity contribution in [3.8, 4) is 0 Å². The van der Waals surface area contributed by atoms with Gasteiger partial charge in [-0.15, -0.1) is 0 Å². The Morgan fingerprint density at radius 3 is 2.75 bits per heavy atom. The number of nitrogens with zero attached hydrogens (tertiary/aromatic N) is 2. The fourth-order valence-electron chi connectivity index (χ4n) is 1.81. The normalized spacial score (nSPS) is 20.4. The van der Waals surface area contributed by atoms with E-state index in [9.17, 15) is 0 Å². The van der Waals surface area contributed by atoms with Gasteiger partial charge in [-0.2, -0.15) is 12.6 Å². The predicted octanol–water partition coefficient (Wildman–Crippen LogP) is 1.98. The van der Waals surface area contributed by atoms with Crippen molar-refractivity contribution in [3.05, 3.63) is 18.7 Å². The fraction of sp³-hybridized carbons (Fsp3) is 0.667. The second kappa shape index (κ2) is 3.13. The highest BCUT2D eigenvalue weighted by molar-refractivity contribution is 7.80. The molecule has 1 aromatic heterocycles. The van der Waals surface area contributed by atoms with Crippen LogP contribution in [0.15, 0.2) is 18.7 Å². The molecule has 3 heteroatoms. The van der Waals surface area contributed by atoms with Crippen LogP contribution in [0.1, 0.15) is 19.3 Å². The molecule has 2 rings (SSSR count). The molecule has 2 nitrogen and oxygen atoms in total. The van der Waals surface area contributed by atoms with E-state index in [4.69, 9.17) is 0 Å². The maximum atomic E-state index is 4.41. The van der Waals surface area contributed by atoms with Gasteiger partial charge in [-0.05, 0) is 24.0 Å². The third kappa shape index (κ3) is 1.38. The quantitative estimate of drug-likeness (QED) is 0.708. The topological polar surface area (TPSA) is 17.8 Å². The molecule has 0 bridgehead atoms. The lowest BCUT2D eigenvalue weighted by Gasteiger charge is -2.40. The number of thiol groups is 1. The number of imidazole rings is 1. The first-order valence-corrected chi connectivity index (χ1v) is 5.05. The molecular weight excluding hydrogens is 168 g/mol. The first-order chi connectivity index (χ1) is 5.85. The van der Waals surface area contributed by atoms with Crippen LogP contribution in [0.2, 0.25) is 0 Å². The van der Waals surface area contributed by atoms with Crippen LogP contribution < -0.4 is 0 Å². The summed E-state index contributed by atoms with van der Waals surface area (Å²) >= 11 is 4.41. The van der Waals surface area contributed by atoms with E-state index in [0.717, 1.165) is 12.3 Å². The molecule has 0 atom stereocenters. The average molecular weight is 182 g/mol. The zero-order chi connectivity index (χ0) is 8.44. The molecule has 0 radical (unpaired) electrons. The molecule has 1 fully saturated rings. The van der Waals surface area contributed by atoms with Gasteiger partial charge < -0.3 is 4.57 Å². The fourth-order valence-corrected chi connectivity index (χ4v) is 2.23. The summed E-state index contributed by atoms with van der Waals surface area (Å²) in [6.07, 6.45) is 9.79. The summed E-state index contributed by atoms with van der Waals surface area (Å²) < 4.78 is 2.16. The lowest BCUT2D eigenvalue weighted by atomic mass is 9.70. The molecule has 1 saturated carbocycles. The van der Waals surface area contributed by atoms with Crippen molar-refractivity contribution in [2.45, 2.75) is 25.8 Å². The number of hydrogen-bond donors (Lipinski definition) is 1. The highest BCUT2D eigenvalue weighted by Crippen LogP contribution is 2.43. The van der Waals surface area contributed by atoms with Crippen LogP contribution in [-0.2, 0) is 6.54 Å². The monoisotopic (exact) mass is 182 g/mol. The van der Waals surface area contributed by atoms with E-state index in [-0.39, 0.29) is 0 Å². The smallest absolute Gasteiger partial charge is 0.0946 e. The molecule has 12 heavy (non-hydrogen) atoms. The summed E-state index contributed by atoms with van der Waals surface area (Å²) in [4.78, 5) is 4.04. The van der Waals surface area contributed by atoms with Gasteiger partial charge in [0.15, 0.2) is 0 Å². The van der Waals surface area contributed by atoms with Crippen molar-refractivity contribution in [2.24, 2.45) is 5.41 Å². The third-order valence-corrected chi connectivity index (χ3v) is 3.50. The van der Waals surface area contributed by atoms with E-state index >= 15 is 0 Å². The number of rotatable bonds is 3. The minimum atomic E-state index is 0.476. The molecule has 1 aliphatic rings. The first-order valence-electron chi connectivity index (χ1n) is 4.41. The van der Waals surface area contributed by atoms with Crippen LogP contribution in [0.4, 0.5) is 0 Å². The SMILES string of the molecule is SCC1(Cn2ccnc2)CCC1. The van der Waals surface area contributed by atoms with E-state index in [2.05, 4.69) is 22.2 Å². The Kier molecular flexibility index (Phi) is 2.13. The molecule has 1 aromatic rings. The van der Waals surface area contributed by atoms with Crippen LogP contribution in [0.25, 0.3) is 0 Å². The minimum absolute atomic E-state index is 0.476. The summed E-state index contributed by atoms with van der Waals surface area (Å²) in [5, 5.41) is 0. The summed E-state index contributed by atoms with van der Waals surface area (Å²) in [6, 6.07) is 0. The Hall–Kier alpha value is -0.440. The van der Waals surface area contributed by atoms with Crippen molar-refractivity contribution in [3.63, 3.8) is 0 Å². The van der Waals surface area contributed by atoms with Gasteiger partial charge in [0.1, 0.15) is 0 Å². The van der Waals surface area contributed by atoms with E-state index in [1.165, 1.54) is 19.3 Å². The van der Waals surface area contributed by atoms with Gasteiger partial charge in [0.2, 0.25) is 0 Å². The molecule has 0 N–H and O–H groups in total. The zero-order valence-corrected chi connectivity index (χ0v) is 8.00. The molecule has 0 unspecified atom stereocenters. The number of aromatic nitrogens is 2. The Bertz CT molecular complexity index is 234. The van der Waals surface area contributed by atoms with Crippen molar-refractivity contribution < 1.29 is 0 Å². The van der Waals surface area contributed by atoms with Crippen LogP contribution in [0, 0.1) is 5.41 Å². The predicted molar refractivity (Wildman–Crippen MR) is 52.4 cm³/mol. The summed E-state index contributed by atoms with van der Waals surface area (Å²) in [5.41, 5.74) is 0.476. The van der Waals surface area contributed by atoms with Crippen molar-refractivity contribution in [2.75, 3.05) is 5.75 Å². The van der Waals surface area contributed by atoms with Gasteiger partial charge in [0.25, 0.3) is 0 Å². The largest absolute Gasteiger partial charge is 0.337 e. The van der Waals surface area contributed by atoms with Crippen molar-refractivity contribution in [1.82, 2.24) is 9.55 Å². The Labute approximate surface area is 78.4 Å². The average Bonchev–Trinajstić information content (AvgIpc) is 2.49. The third-order valence-electron chi connectivity index (χ3n) is 2.83. The molecule has 0 spiro atoms. The second-order valence-corrected chi connectivity index (χ2v) is 4.06. The van der Waals surface area contributed by atoms with Gasteiger partial charge in [-0.1, -0.05) is 6.42 Å². The van der Waals surface area contributed by atoms with E-state index in [1.807, 2.05) is 18.7 Å². The van der Waals surface area contributed by atoms with Crippen molar-refractivity contribution >= 4 is 12.6 Å². The lowest BCUT2D eigenvalue weighted by Crippen LogP contribution is -2.35. The minimum Gasteiger partial charge on any atom is -0.337 e. The highest BCUT2D eigenvalue weighted by atomic mass is 32.1. The summed E-state index contributed by atoms with van der Waals surface area (Å²) in [7, 11) is 0.